The maximum absolute atomic E-state index is 13.1. The number of hydrogen-bond donors (Lipinski definition) is 3. The minimum Gasteiger partial charge on any atom is -0.330 e. The van der Waals surface area contributed by atoms with Crippen molar-refractivity contribution < 1.29 is 14.4 Å². The highest BCUT2D eigenvalue weighted by atomic mass is 16.2. The van der Waals surface area contributed by atoms with E-state index in [-0.39, 0.29) is 24.1 Å². The van der Waals surface area contributed by atoms with E-state index < -0.39 is 6.04 Å². The van der Waals surface area contributed by atoms with Gasteiger partial charge in [-0.15, -0.1) is 0 Å². The Morgan fingerprint density at radius 3 is 2.73 bits per heavy atom. The van der Waals surface area contributed by atoms with Crippen molar-refractivity contribution in [1.82, 2.24) is 15.5 Å². The van der Waals surface area contributed by atoms with Gasteiger partial charge in [0.15, 0.2) is 0 Å². The van der Waals surface area contributed by atoms with Crippen molar-refractivity contribution >= 4 is 17.7 Å². The molecular formula is C23H32N4O3. The summed E-state index contributed by atoms with van der Waals surface area (Å²) in [6, 6.07) is 5.34. The number of nitrogens with one attached hydrogen (secondary N) is 2. The molecule has 1 aromatic rings. The first-order chi connectivity index (χ1) is 14.5. The Balaban J connectivity index is 1.34. The number of imide groups is 1. The van der Waals surface area contributed by atoms with Gasteiger partial charge >= 0.3 is 0 Å². The molecule has 7 nitrogen and oxygen atoms in total. The molecule has 2 aliphatic heterocycles. The van der Waals surface area contributed by atoms with Crippen molar-refractivity contribution in [3.05, 3.63) is 34.9 Å². The quantitative estimate of drug-likeness (QED) is 0.446. The van der Waals surface area contributed by atoms with Crippen LogP contribution in [-0.4, -0.2) is 41.8 Å². The van der Waals surface area contributed by atoms with Gasteiger partial charge in [0.2, 0.25) is 11.8 Å². The highest BCUT2D eigenvalue weighted by molar-refractivity contribution is 6.05. The zero-order valence-electron chi connectivity index (χ0n) is 17.5. The van der Waals surface area contributed by atoms with Gasteiger partial charge in [-0.2, -0.15) is 0 Å². The molecule has 0 spiro atoms. The van der Waals surface area contributed by atoms with Crippen LogP contribution in [0.25, 0.3) is 0 Å². The number of fused-ring (bicyclic) bond motifs is 1. The molecule has 4 N–H and O–H groups in total. The van der Waals surface area contributed by atoms with Crippen LogP contribution in [0.3, 0.4) is 0 Å². The first-order valence-electron chi connectivity index (χ1n) is 11.2. The lowest BCUT2D eigenvalue weighted by Crippen LogP contribution is -2.52. The number of carbonyl (C=O) groups is 3. The summed E-state index contributed by atoms with van der Waals surface area (Å²) in [6.45, 7) is 2.74. The minimum atomic E-state index is -0.567. The predicted octanol–water partition coefficient (Wildman–Crippen LogP) is 1.84. The standard InChI is InChI=1S/C23H32N4O3/c24-15-23(9-1-2-10-23)11-4-12-25-13-16-5-3-6-17-14-27(22(30)20(16)17)18-7-8-19(28)26-21(18)29/h3,5-6,18,25H,1-2,4,7-15,24H2,(H,26,28,29). The lowest BCUT2D eigenvalue weighted by atomic mass is 9.82. The molecule has 1 aliphatic carbocycles. The summed E-state index contributed by atoms with van der Waals surface area (Å²) in [5.41, 5.74) is 9.02. The lowest BCUT2D eigenvalue weighted by molar-refractivity contribution is -0.136. The third-order valence-corrected chi connectivity index (χ3v) is 7.11. The third-order valence-electron chi connectivity index (χ3n) is 7.11. The van der Waals surface area contributed by atoms with Gasteiger partial charge in [-0.05, 0) is 61.7 Å². The van der Waals surface area contributed by atoms with Crippen LogP contribution in [0.4, 0.5) is 0 Å². The van der Waals surface area contributed by atoms with Crippen LogP contribution < -0.4 is 16.4 Å². The van der Waals surface area contributed by atoms with Gasteiger partial charge in [-0.1, -0.05) is 31.0 Å². The fourth-order valence-electron chi connectivity index (χ4n) is 5.33. The van der Waals surface area contributed by atoms with Gasteiger partial charge in [0.1, 0.15) is 6.04 Å². The smallest absolute Gasteiger partial charge is 0.255 e. The summed E-state index contributed by atoms with van der Waals surface area (Å²) < 4.78 is 0. The molecule has 3 amide bonds. The van der Waals surface area contributed by atoms with E-state index >= 15 is 0 Å². The fourth-order valence-corrected chi connectivity index (χ4v) is 5.33. The van der Waals surface area contributed by atoms with Crippen molar-refractivity contribution in [2.75, 3.05) is 13.1 Å². The Kier molecular flexibility index (Phi) is 6.20. The van der Waals surface area contributed by atoms with E-state index in [0.29, 0.717) is 30.5 Å². The number of benzene rings is 1. The molecule has 0 bridgehead atoms. The summed E-state index contributed by atoms with van der Waals surface area (Å²) in [5.74, 6) is -0.739. The van der Waals surface area contributed by atoms with E-state index in [1.165, 1.54) is 25.7 Å². The van der Waals surface area contributed by atoms with Crippen LogP contribution in [0, 0.1) is 5.41 Å². The van der Waals surface area contributed by atoms with E-state index in [9.17, 15) is 14.4 Å². The van der Waals surface area contributed by atoms with Crippen molar-refractivity contribution in [1.29, 1.82) is 0 Å². The maximum Gasteiger partial charge on any atom is 0.255 e. The minimum absolute atomic E-state index is 0.107. The van der Waals surface area contributed by atoms with E-state index in [4.69, 9.17) is 5.73 Å². The molecule has 0 radical (unpaired) electrons. The van der Waals surface area contributed by atoms with Gasteiger partial charge in [0.25, 0.3) is 5.91 Å². The molecule has 1 unspecified atom stereocenters. The van der Waals surface area contributed by atoms with E-state index in [1.807, 2.05) is 18.2 Å². The van der Waals surface area contributed by atoms with Gasteiger partial charge < -0.3 is 16.0 Å². The first kappa shape index (κ1) is 21.0. The molecule has 30 heavy (non-hydrogen) atoms. The maximum atomic E-state index is 13.1. The molecule has 1 aromatic carbocycles. The second-order valence-electron chi connectivity index (χ2n) is 9.04. The number of nitrogens with two attached hydrogens (primary N) is 1. The Labute approximate surface area is 177 Å². The van der Waals surface area contributed by atoms with Crippen LogP contribution in [0.5, 0.6) is 0 Å². The zero-order valence-corrected chi connectivity index (χ0v) is 17.5. The average Bonchev–Trinajstić information content (AvgIpc) is 3.34. The molecule has 1 saturated carbocycles. The molecule has 162 valence electrons. The molecule has 3 aliphatic rings. The van der Waals surface area contributed by atoms with Gasteiger partial charge in [0, 0.05) is 25.1 Å². The Hall–Kier alpha value is -2.25. The van der Waals surface area contributed by atoms with E-state index in [0.717, 1.165) is 37.1 Å². The largest absolute Gasteiger partial charge is 0.330 e. The van der Waals surface area contributed by atoms with Crippen LogP contribution in [0.1, 0.15) is 72.9 Å². The summed E-state index contributed by atoms with van der Waals surface area (Å²) in [4.78, 5) is 38.4. The fraction of sp³-hybridized carbons (Fsp3) is 0.609. The molecule has 1 atom stereocenters. The summed E-state index contributed by atoms with van der Waals surface area (Å²) in [7, 11) is 0. The van der Waals surface area contributed by atoms with E-state index in [1.54, 1.807) is 4.90 Å². The van der Waals surface area contributed by atoms with Gasteiger partial charge in [-0.25, -0.2) is 0 Å². The molecule has 7 heteroatoms. The molecule has 0 aromatic heterocycles. The second-order valence-corrected chi connectivity index (χ2v) is 9.04. The number of hydrogen-bond acceptors (Lipinski definition) is 5. The monoisotopic (exact) mass is 412 g/mol. The number of rotatable bonds is 8. The molecular weight excluding hydrogens is 380 g/mol. The molecule has 2 heterocycles. The van der Waals surface area contributed by atoms with E-state index in [2.05, 4.69) is 10.6 Å². The van der Waals surface area contributed by atoms with Crippen molar-refractivity contribution in [2.45, 2.75) is 70.5 Å². The molecule has 1 saturated heterocycles. The highest BCUT2D eigenvalue weighted by Gasteiger charge is 2.39. The molecule has 4 rings (SSSR count). The zero-order chi connectivity index (χ0) is 21.1. The van der Waals surface area contributed by atoms with Crippen LogP contribution >= 0.6 is 0 Å². The van der Waals surface area contributed by atoms with Crippen molar-refractivity contribution in [3.8, 4) is 0 Å². The Bertz CT molecular complexity index is 832. The average molecular weight is 413 g/mol. The third kappa shape index (κ3) is 4.14. The predicted molar refractivity (Wildman–Crippen MR) is 113 cm³/mol. The van der Waals surface area contributed by atoms with Crippen molar-refractivity contribution in [2.24, 2.45) is 11.1 Å². The second kappa shape index (κ2) is 8.86. The number of carbonyl (C=O) groups excluding carboxylic acids is 3. The summed E-state index contributed by atoms with van der Waals surface area (Å²) in [6.07, 6.45) is 8.00. The highest BCUT2D eigenvalue weighted by Crippen LogP contribution is 2.40. The number of piperidine rings is 1. The normalized spacial score (nSPS) is 23.0. The van der Waals surface area contributed by atoms with Gasteiger partial charge in [0.05, 0.1) is 0 Å². The Morgan fingerprint density at radius 2 is 2.00 bits per heavy atom. The van der Waals surface area contributed by atoms with Crippen molar-refractivity contribution in [3.63, 3.8) is 0 Å². The Morgan fingerprint density at radius 1 is 1.20 bits per heavy atom. The molecule has 2 fully saturated rings. The topological polar surface area (TPSA) is 105 Å². The summed E-state index contributed by atoms with van der Waals surface area (Å²) in [5, 5.41) is 5.85. The van der Waals surface area contributed by atoms with Crippen LogP contribution in [0.15, 0.2) is 18.2 Å². The van der Waals surface area contributed by atoms with Crippen LogP contribution in [-0.2, 0) is 22.7 Å². The first-order valence-corrected chi connectivity index (χ1v) is 11.2. The SMILES string of the molecule is NCC1(CCCNCc2cccc3c2C(=O)N(C2CCC(=O)NC2=O)C3)CCCC1. The van der Waals surface area contributed by atoms with Crippen LogP contribution in [0.2, 0.25) is 0 Å². The lowest BCUT2D eigenvalue weighted by Gasteiger charge is -2.29. The number of nitrogens with zero attached hydrogens (tertiary/aromatic N) is 1. The number of amides is 3. The van der Waals surface area contributed by atoms with Gasteiger partial charge in [-0.3, -0.25) is 19.7 Å². The summed E-state index contributed by atoms with van der Waals surface area (Å²) >= 11 is 0.